The normalized spacial score (nSPS) is 25.6. The van der Waals surface area contributed by atoms with Gasteiger partial charge in [0, 0.05) is 42.4 Å². The Hall–Kier alpha value is -2.22. The number of nitrogens with one attached hydrogen (secondary N) is 1. The minimum absolute atomic E-state index is 0.0365. The molecule has 4 atom stereocenters. The first-order valence-corrected chi connectivity index (χ1v) is 10.6. The van der Waals surface area contributed by atoms with Gasteiger partial charge in [-0.15, -0.1) is 0 Å². The second kappa shape index (κ2) is 8.49. The van der Waals surface area contributed by atoms with Gasteiger partial charge in [0.2, 0.25) is 6.79 Å². The van der Waals surface area contributed by atoms with Gasteiger partial charge >= 0.3 is 0 Å². The second-order valence-corrected chi connectivity index (χ2v) is 9.31. The number of ether oxygens (including phenoxy) is 2. The Kier molecular flexibility index (Phi) is 5.95. The number of aromatic nitrogens is 2. The van der Waals surface area contributed by atoms with Crippen LogP contribution in [0.4, 0.5) is 0 Å². The van der Waals surface area contributed by atoms with E-state index in [-0.39, 0.29) is 36.7 Å². The quantitative estimate of drug-likeness (QED) is 0.668. The van der Waals surface area contributed by atoms with E-state index < -0.39 is 6.10 Å². The molecule has 0 unspecified atom stereocenters. The zero-order valence-electron chi connectivity index (χ0n) is 17.8. The number of benzene rings is 1. The number of aliphatic hydroxyl groups is 2. The number of hydrogen-bond acceptors (Lipinski definition) is 7. The standard InChI is InChI=1S/C23H31N3O4/c1-23(2,3)22-24-7-6-15(26-22)9-16-17(12-27)19(28)10-18(16)25-11-14-4-5-20-21(8-14)30-13-29-20/h4-8,16-19,25,27-28H,9-13H2,1-3H3/t16-,17-,18-,19-/m1/s1. The van der Waals surface area contributed by atoms with Crippen LogP contribution in [-0.4, -0.2) is 45.7 Å². The lowest BCUT2D eigenvalue weighted by Crippen LogP contribution is -2.36. The number of hydrogen-bond donors (Lipinski definition) is 3. The summed E-state index contributed by atoms with van der Waals surface area (Å²) in [4.78, 5) is 9.18. The third kappa shape index (κ3) is 4.43. The highest BCUT2D eigenvalue weighted by Crippen LogP contribution is 2.36. The van der Waals surface area contributed by atoms with Crippen LogP contribution in [0.15, 0.2) is 30.5 Å². The van der Waals surface area contributed by atoms with Crippen molar-refractivity contribution < 1.29 is 19.7 Å². The van der Waals surface area contributed by atoms with Gasteiger partial charge in [-0.25, -0.2) is 9.97 Å². The molecule has 2 aromatic rings. The van der Waals surface area contributed by atoms with Gasteiger partial charge in [-0.1, -0.05) is 26.8 Å². The van der Waals surface area contributed by atoms with Crippen LogP contribution in [0.25, 0.3) is 0 Å². The number of nitrogens with zero attached hydrogens (tertiary/aromatic N) is 2. The molecule has 0 bridgehead atoms. The largest absolute Gasteiger partial charge is 0.454 e. The fraction of sp³-hybridized carbons (Fsp3) is 0.565. The maximum Gasteiger partial charge on any atom is 0.231 e. The van der Waals surface area contributed by atoms with Crippen LogP contribution in [0.1, 0.15) is 44.3 Å². The molecular formula is C23H31N3O4. The lowest BCUT2D eigenvalue weighted by Gasteiger charge is -2.25. The highest BCUT2D eigenvalue weighted by atomic mass is 16.7. The molecule has 2 aliphatic rings. The van der Waals surface area contributed by atoms with E-state index >= 15 is 0 Å². The molecule has 2 heterocycles. The van der Waals surface area contributed by atoms with E-state index in [0.717, 1.165) is 28.6 Å². The van der Waals surface area contributed by atoms with Gasteiger partial charge in [0.1, 0.15) is 5.82 Å². The van der Waals surface area contributed by atoms with E-state index in [2.05, 4.69) is 31.1 Å². The highest BCUT2D eigenvalue weighted by Gasteiger charge is 2.42. The minimum Gasteiger partial charge on any atom is -0.454 e. The van der Waals surface area contributed by atoms with Crippen LogP contribution in [0.5, 0.6) is 11.5 Å². The Labute approximate surface area is 177 Å². The summed E-state index contributed by atoms with van der Waals surface area (Å²) in [6, 6.07) is 7.94. The van der Waals surface area contributed by atoms with Crippen molar-refractivity contribution >= 4 is 0 Å². The Morgan fingerprint density at radius 1 is 1.13 bits per heavy atom. The Bertz CT molecular complexity index is 883. The zero-order chi connectivity index (χ0) is 21.3. The number of rotatable bonds is 6. The van der Waals surface area contributed by atoms with Gasteiger partial charge in [0.15, 0.2) is 11.5 Å². The average Bonchev–Trinajstić information content (AvgIpc) is 3.29. The van der Waals surface area contributed by atoms with Crippen LogP contribution in [0, 0.1) is 11.8 Å². The molecule has 1 saturated carbocycles. The van der Waals surface area contributed by atoms with Crippen molar-refractivity contribution in [3.05, 3.63) is 47.5 Å². The van der Waals surface area contributed by atoms with Crippen LogP contribution in [0.2, 0.25) is 0 Å². The summed E-state index contributed by atoms with van der Waals surface area (Å²) in [6.45, 7) is 7.16. The number of fused-ring (bicyclic) bond motifs is 1. The molecule has 4 rings (SSSR count). The van der Waals surface area contributed by atoms with Crippen molar-refractivity contribution in [3.8, 4) is 11.5 Å². The van der Waals surface area contributed by atoms with Crippen molar-refractivity contribution in [1.82, 2.24) is 15.3 Å². The maximum absolute atomic E-state index is 10.5. The summed E-state index contributed by atoms with van der Waals surface area (Å²) in [5.74, 6) is 2.26. The molecule has 1 aliphatic carbocycles. The lowest BCUT2D eigenvalue weighted by molar-refractivity contribution is 0.0715. The van der Waals surface area contributed by atoms with Crippen molar-refractivity contribution in [2.24, 2.45) is 11.8 Å². The van der Waals surface area contributed by atoms with Gasteiger partial charge < -0.3 is 25.0 Å². The average molecular weight is 414 g/mol. The molecule has 0 amide bonds. The van der Waals surface area contributed by atoms with E-state index in [9.17, 15) is 10.2 Å². The van der Waals surface area contributed by atoms with Gasteiger partial charge in [-0.3, -0.25) is 0 Å². The Morgan fingerprint density at radius 3 is 2.70 bits per heavy atom. The van der Waals surface area contributed by atoms with Crippen molar-refractivity contribution in [2.45, 2.75) is 57.7 Å². The fourth-order valence-electron chi connectivity index (χ4n) is 4.39. The van der Waals surface area contributed by atoms with E-state index in [1.165, 1.54) is 0 Å². The molecule has 162 valence electrons. The molecular weight excluding hydrogens is 382 g/mol. The first-order valence-electron chi connectivity index (χ1n) is 10.6. The van der Waals surface area contributed by atoms with Crippen LogP contribution < -0.4 is 14.8 Å². The summed E-state index contributed by atoms with van der Waals surface area (Å²) in [5.41, 5.74) is 1.91. The van der Waals surface area contributed by atoms with E-state index in [4.69, 9.17) is 14.5 Å². The molecule has 1 aromatic heterocycles. The van der Waals surface area contributed by atoms with Gasteiger partial charge in [-0.05, 0) is 42.5 Å². The van der Waals surface area contributed by atoms with E-state index in [0.29, 0.717) is 19.4 Å². The summed E-state index contributed by atoms with van der Waals surface area (Å²) in [5, 5.41) is 24.1. The van der Waals surface area contributed by atoms with Crippen LogP contribution in [0.3, 0.4) is 0 Å². The van der Waals surface area contributed by atoms with Gasteiger partial charge in [-0.2, -0.15) is 0 Å². The number of aliphatic hydroxyl groups excluding tert-OH is 2. The molecule has 1 aliphatic heterocycles. The smallest absolute Gasteiger partial charge is 0.231 e. The van der Waals surface area contributed by atoms with E-state index in [1.807, 2.05) is 24.3 Å². The van der Waals surface area contributed by atoms with Crippen LogP contribution in [-0.2, 0) is 18.4 Å². The van der Waals surface area contributed by atoms with Gasteiger partial charge in [0.05, 0.1) is 6.10 Å². The monoisotopic (exact) mass is 413 g/mol. The topological polar surface area (TPSA) is 96.7 Å². The summed E-state index contributed by atoms with van der Waals surface area (Å²) in [7, 11) is 0. The third-order valence-corrected chi connectivity index (χ3v) is 6.10. The Balaban J connectivity index is 1.48. The fourth-order valence-corrected chi connectivity index (χ4v) is 4.39. The summed E-state index contributed by atoms with van der Waals surface area (Å²) >= 11 is 0. The summed E-state index contributed by atoms with van der Waals surface area (Å²) in [6.07, 6.45) is 2.57. The first-order chi connectivity index (χ1) is 14.3. The summed E-state index contributed by atoms with van der Waals surface area (Å²) < 4.78 is 10.8. The molecule has 3 N–H and O–H groups in total. The van der Waals surface area contributed by atoms with E-state index in [1.54, 1.807) is 6.20 Å². The second-order valence-electron chi connectivity index (χ2n) is 9.31. The molecule has 7 nitrogen and oxygen atoms in total. The van der Waals surface area contributed by atoms with Crippen LogP contribution >= 0.6 is 0 Å². The molecule has 1 aromatic carbocycles. The zero-order valence-corrected chi connectivity index (χ0v) is 17.8. The van der Waals surface area contributed by atoms with Crippen molar-refractivity contribution in [3.63, 3.8) is 0 Å². The molecule has 30 heavy (non-hydrogen) atoms. The Morgan fingerprint density at radius 2 is 1.93 bits per heavy atom. The predicted molar refractivity (Wildman–Crippen MR) is 112 cm³/mol. The molecule has 1 fully saturated rings. The SMILES string of the molecule is CC(C)(C)c1nccc(C[C@@H]2[C@@H](CO)[C@H](O)C[C@H]2NCc2ccc3c(c2)OCO3)n1. The van der Waals surface area contributed by atoms with Crippen molar-refractivity contribution in [2.75, 3.05) is 13.4 Å². The van der Waals surface area contributed by atoms with Gasteiger partial charge in [0.25, 0.3) is 0 Å². The molecule has 0 spiro atoms. The highest BCUT2D eigenvalue weighted by molar-refractivity contribution is 5.44. The molecule has 0 saturated heterocycles. The first kappa shape index (κ1) is 21.0. The predicted octanol–water partition coefficient (Wildman–Crippen LogP) is 2.19. The maximum atomic E-state index is 10.5. The lowest BCUT2D eigenvalue weighted by atomic mass is 9.88. The van der Waals surface area contributed by atoms with Crippen molar-refractivity contribution in [1.29, 1.82) is 0 Å². The third-order valence-electron chi connectivity index (χ3n) is 6.10. The molecule has 7 heteroatoms. The molecule has 0 radical (unpaired) electrons. The minimum atomic E-state index is -0.529.